The first-order valence-corrected chi connectivity index (χ1v) is 5.94. The highest BCUT2D eigenvalue weighted by atomic mass is 16.5. The zero-order chi connectivity index (χ0) is 9.80. The van der Waals surface area contributed by atoms with Gasteiger partial charge in [-0.1, -0.05) is 13.3 Å². The summed E-state index contributed by atoms with van der Waals surface area (Å²) in [6, 6.07) is 1.38. The van der Waals surface area contributed by atoms with Crippen molar-refractivity contribution in [2.75, 3.05) is 26.3 Å². The Bertz CT molecular complexity index is 171. The summed E-state index contributed by atoms with van der Waals surface area (Å²) < 4.78 is 5.50. The monoisotopic (exact) mass is 198 g/mol. The van der Waals surface area contributed by atoms with Crippen molar-refractivity contribution in [2.24, 2.45) is 5.92 Å². The molecule has 2 atom stereocenters. The minimum Gasteiger partial charge on any atom is -0.379 e. The first kappa shape index (κ1) is 10.4. The maximum atomic E-state index is 5.50. The van der Waals surface area contributed by atoms with Crippen LogP contribution in [0.1, 0.15) is 26.2 Å². The van der Waals surface area contributed by atoms with Crippen molar-refractivity contribution in [1.82, 2.24) is 10.6 Å². The Hall–Kier alpha value is -0.120. The molecule has 0 aromatic carbocycles. The standard InChI is InChI=1S/C11H22N2O/c1-2-12-11-8-14-7-9(11)6-13-10-4-3-5-10/h9-13H,2-8H2,1H3. The van der Waals surface area contributed by atoms with E-state index in [1.54, 1.807) is 0 Å². The van der Waals surface area contributed by atoms with Crippen LogP contribution < -0.4 is 10.6 Å². The number of likely N-dealkylation sites (N-methyl/N-ethyl adjacent to an activating group) is 1. The third-order valence-electron chi connectivity index (χ3n) is 3.44. The fraction of sp³-hybridized carbons (Fsp3) is 1.00. The van der Waals surface area contributed by atoms with Gasteiger partial charge in [0.2, 0.25) is 0 Å². The lowest BCUT2D eigenvalue weighted by molar-refractivity contribution is 0.180. The van der Waals surface area contributed by atoms with E-state index < -0.39 is 0 Å². The summed E-state index contributed by atoms with van der Waals surface area (Å²) in [5.74, 6) is 0.676. The minimum atomic E-state index is 0.576. The molecule has 2 aliphatic rings. The molecule has 0 spiro atoms. The molecule has 3 heteroatoms. The molecule has 0 bridgehead atoms. The molecular weight excluding hydrogens is 176 g/mol. The van der Waals surface area contributed by atoms with E-state index in [1.807, 2.05) is 0 Å². The molecule has 2 N–H and O–H groups in total. The molecule has 2 fully saturated rings. The Morgan fingerprint density at radius 3 is 2.71 bits per heavy atom. The Labute approximate surface area is 86.6 Å². The molecule has 1 saturated carbocycles. The highest BCUT2D eigenvalue weighted by molar-refractivity contribution is 4.85. The van der Waals surface area contributed by atoms with E-state index in [0.717, 1.165) is 32.3 Å². The van der Waals surface area contributed by atoms with Crippen molar-refractivity contribution >= 4 is 0 Å². The Kier molecular flexibility index (Phi) is 3.79. The molecule has 0 aromatic rings. The van der Waals surface area contributed by atoms with E-state index in [-0.39, 0.29) is 0 Å². The largest absolute Gasteiger partial charge is 0.379 e. The fourth-order valence-corrected chi connectivity index (χ4v) is 2.22. The van der Waals surface area contributed by atoms with Gasteiger partial charge in [-0.15, -0.1) is 0 Å². The molecule has 2 unspecified atom stereocenters. The molecule has 14 heavy (non-hydrogen) atoms. The van der Waals surface area contributed by atoms with Crippen molar-refractivity contribution < 1.29 is 4.74 Å². The summed E-state index contributed by atoms with van der Waals surface area (Å²) in [5.41, 5.74) is 0. The fourth-order valence-electron chi connectivity index (χ4n) is 2.22. The summed E-state index contributed by atoms with van der Waals surface area (Å²) >= 11 is 0. The molecular formula is C11H22N2O. The van der Waals surface area contributed by atoms with Crippen LogP contribution in [-0.2, 0) is 4.74 Å². The topological polar surface area (TPSA) is 33.3 Å². The summed E-state index contributed by atoms with van der Waals surface area (Å²) in [5, 5.41) is 7.12. The van der Waals surface area contributed by atoms with Crippen molar-refractivity contribution in [1.29, 1.82) is 0 Å². The van der Waals surface area contributed by atoms with E-state index in [2.05, 4.69) is 17.6 Å². The van der Waals surface area contributed by atoms with Gasteiger partial charge in [0.05, 0.1) is 13.2 Å². The van der Waals surface area contributed by atoms with E-state index in [4.69, 9.17) is 4.74 Å². The molecule has 0 radical (unpaired) electrons. The number of hydrogen-bond donors (Lipinski definition) is 2. The number of ether oxygens (including phenoxy) is 1. The number of rotatable bonds is 5. The maximum absolute atomic E-state index is 5.50. The van der Waals surface area contributed by atoms with Crippen LogP contribution in [0, 0.1) is 5.92 Å². The van der Waals surface area contributed by atoms with Crippen molar-refractivity contribution in [3.8, 4) is 0 Å². The molecule has 1 aliphatic carbocycles. The van der Waals surface area contributed by atoms with Gasteiger partial charge in [0.15, 0.2) is 0 Å². The third-order valence-corrected chi connectivity index (χ3v) is 3.44. The minimum absolute atomic E-state index is 0.576. The summed E-state index contributed by atoms with van der Waals surface area (Å²) in [6.07, 6.45) is 4.16. The van der Waals surface area contributed by atoms with Gasteiger partial charge in [0.1, 0.15) is 0 Å². The van der Waals surface area contributed by atoms with Crippen LogP contribution in [-0.4, -0.2) is 38.4 Å². The molecule has 1 saturated heterocycles. The lowest BCUT2D eigenvalue weighted by Gasteiger charge is -2.29. The average Bonchev–Trinajstić information content (AvgIpc) is 2.51. The zero-order valence-corrected chi connectivity index (χ0v) is 9.09. The van der Waals surface area contributed by atoms with E-state index in [1.165, 1.54) is 19.3 Å². The molecule has 1 heterocycles. The average molecular weight is 198 g/mol. The Balaban J connectivity index is 1.67. The Morgan fingerprint density at radius 2 is 2.07 bits per heavy atom. The Morgan fingerprint density at radius 1 is 1.21 bits per heavy atom. The molecule has 3 nitrogen and oxygen atoms in total. The van der Waals surface area contributed by atoms with Gasteiger partial charge < -0.3 is 15.4 Å². The number of nitrogens with one attached hydrogen (secondary N) is 2. The van der Waals surface area contributed by atoms with Gasteiger partial charge in [0.25, 0.3) is 0 Å². The van der Waals surface area contributed by atoms with Crippen LogP contribution in [0.5, 0.6) is 0 Å². The van der Waals surface area contributed by atoms with E-state index in [9.17, 15) is 0 Å². The first-order chi connectivity index (χ1) is 6.90. The van der Waals surface area contributed by atoms with E-state index >= 15 is 0 Å². The van der Waals surface area contributed by atoms with Crippen LogP contribution >= 0.6 is 0 Å². The van der Waals surface area contributed by atoms with Crippen LogP contribution in [0.3, 0.4) is 0 Å². The summed E-state index contributed by atoms with van der Waals surface area (Å²) in [6.45, 7) is 6.16. The van der Waals surface area contributed by atoms with E-state index in [0.29, 0.717) is 12.0 Å². The van der Waals surface area contributed by atoms with Gasteiger partial charge in [-0.05, 0) is 19.4 Å². The smallest absolute Gasteiger partial charge is 0.0623 e. The molecule has 1 aliphatic heterocycles. The second-order valence-electron chi connectivity index (χ2n) is 4.50. The first-order valence-electron chi connectivity index (χ1n) is 5.94. The molecule has 0 aromatic heterocycles. The lowest BCUT2D eigenvalue weighted by Crippen LogP contribution is -2.44. The SMILES string of the molecule is CCNC1COCC1CNC1CCC1. The highest BCUT2D eigenvalue weighted by Gasteiger charge is 2.28. The van der Waals surface area contributed by atoms with Crippen LogP contribution in [0.2, 0.25) is 0 Å². The van der Waals surface area contributed by atoms with Crippen molar-refractivity contribution in [3.63, 3.8) is 0 Å². The normalized spacial score (nSPS) is 33.2. The second kappa shape index (κ2) is 5.10. The van der Waals surface area contributed by atoms with Crippen LogP contribution in [0.15, 0.2) is 0 Å². The quantitative estimate of drug-likeness (QED) is 0.684. The predicted octanol–water partition coefficient (Wildman–Crippen LogP) is 0.753. The molecule has 2 rings (SSSR count). The highest BCUT2D eigenvalue weighted by Crippen LogP contribution is 2.19. The third kappa shape index (κ3) is 2.47. The van der Waals surface area contributed by atoms with Crippen molar-refractivity contribution in [2.45, 2.75) is 38.3 Å². The van der Waals surface area contributed by atoms with Crippen LogP contribution in [0.25, 0.3) is 0 Å². The predicted molar refractivity (Wildman–Crippen MR) is 57.4 cm³/mol. The molecule has 0 amide bonds. The van der Waals surface area contributed by atoms with Gasteiger partial charge in [-0.3, -0.25) is 0 Å². The van der Waals surface area contributed by atoms with Crippen LogP contribution in [0.4, 0.5) is 0 Å². The van der Waals surface area contributed by atoms with Gasteiger partial charge in [-0.25, -0.2) is 0 Å². The van der Waals surface area contributed by atoms with Crippen molar-refractivity contribution in [3.05, 3.63) is 0 Å². The lowest BCUT2D eigenvalue weighted by atomic mass is 9.92. The summed E-state index contributed by atoms with van der Waals surface area (Å²) in [4.78, 5) is 0. The summed E-state index contributed by atoms with van der Waals surface area (Å²) in [7, 11) is 0. The number of hydrogen-bond acceptors (Lipinski definition) is 3. The second-order valence-corrected chi connectivity index (χ2v) is 4.50. The maximum Gasteiger partial charge on any atom is 0.0623 e. The van der Waals surface area contributed by atoms with Gasteiger partial charge >= 0.3 is 0 Å². The van der Waals surface area contributed by atoms with Gasteiger partial charge in [0, 0.05) is 24.5 Å². The molecule has 82 valence electrons. The zero-order valence-electron chi connectivity index (χ0n) is 9.09. The van der Waals surface area contributed by atoms with Gasteiger partial charge in [-0.2, -0.15) is 0 Å².